The number of rotatable bonds is 5. The third-order valence-electron chi connectivity index (χ3n) is 1.73. The lowest BCUT2D eigenvalue weighted by molar-refractivity contribution is 0.0908. The summed E-state index contributed by atoms with van der Waals surface area (Å²) in [6.07, 6.45) is 0. The number of carbonyl (C=O) groups excluding carboxylic acids is 1. The van der Waals surface area contributed by atoms with Crippen LogP contribution in [-0.4, -0.2) is 34.6 Å². The molecule has 6 nitrogen and oxygen atoms in total. The smallest absolute Gasteiger partial charge is 0.287 e. The molecule has 1 amide bonds. The molecule has 0 spiro atoms. The van der Waals surface area contributed by atoms with Crippen molar-refractivity contribution in [1.29, 1.82) is 0 Å². The monoisotopic (exact) mass is 345 g/mol. The number of hydrogen-bond donors (Lipinski definition) is 1. The third-order valence-corrected chi connectivity index (χ3v) is 3.91. The van der Waals surface area contributed by atoms with Crippen LogP contribution in [0.25, 0.3) is 0 Å². The number of ether oxygens (including phenoxy) is 1. The van der Waals surface area contributed by atoms with Gasteiger partial charge in [0.25, 0.3) is 15.0 Å². The molecule has 0 aliphatic heterocycles. The Bertz CT molecular complexity index is 512. The van der Waals surface area contributed by atoms with Crippen molar-refractivity contribution < 1.29 is 22.4 Å². The van der Waals surface area contributed by atoms with E-state index in [1.54, 1.807) is 0 Å². The highest BCUT2D eigenvalue weighted by molar-refractivity contribution is 9.10. The van der Waals surface area contributed by atoms with Gasteiger partial charge >= 0.3 is 0 Å². The fourth-order valence-corrected chi connectivity index (χ4v) is 3.02. The van der Waals surface area contributed by atoms with Crippen LogP contribution in [-0.2, 0) is 13.8 Å². The molecule has 17 heavy (non-hydrogen) atoms. The summed E-state index contributed by atoms with van der Waals surface area (Å²) in [5.41, 5.74) is 0. The lowest BCUT2D eigenvalue weighted by atomic mass is 10.4. The molecular weight excluding hydrogens is 338 g/mol. The molecule has 0 saturated heterocycles. The van der Waals surface area contributed by atoms with Crippen molar-refractivity contribution in [3.05, 3.63) is 16.5 Å². The Morgan fingerprint density at radius 2 is 2.29 bits per heavy atom. The molecule has 1 N–H and O–H groups in total. The van der Waals surface area contributed by atoms with Gasteiger partial charge in [0.1, 0.15) is 4.90 Å². The van der Waals surface area contributed by atoms with E-state index in [9.17, 15) is 13.2 Å². The second kappa shape index (κ2) is 5.85. The van der Waals surface area contributed by atoms with Gasteiger partial charge in [-0.1, -0.05) is 0 Å². The van der Waals surface area contributed by atoms with Crippen LogP contribution >= 0.6 is 26.6 Å². The number of amides is 1. The highest BCUT2D eigenvalue weighted by atomic mass is 79.9. The maximum absolute atomic E-state index is 11.5. The predicted octanol–water partition coefficient (Wildman–Crippen LogP) is 1.35. The molecule has 0 atom stereocenters. The largest absolute Gasteiger partial charge is 0.443 e. The summed E-state index contributed by atoms with van der Waals surface area (Å²) in [6.45, 7) is 0.630. The molecule has 0 aliphatic carbocycles. The normalized spacial score (nSPS) is 11.5. The van der Waals surface area contributed by atoms with Gasteiger partial charge in [-0.3, -0.25) is 4.79 Å². The third kappa shape index (κ3) is 3.98. The molecule has 9 heteroatoms. The van der Waals surface area contributed by atoms with E-state index in [4.69, 9.17) is 19.8 Å². The SMILES string of the molecule is COCCNC(=O)c1cc(S(=O)(=O)Cl)c(Br)o1. The van der Waals surface area contributed by atoms with Crippen LogP contribution < -0.4 is 5.32 Å². The Morgan fingerprint density at radius 3 is 2.76 bits per heavy atom. The van der Waals surface area contributed by atoms with E-state index >= 15 is 0 Å². The molecule has 0 aromatic carbocycles. The van der Waals surface area contributed by atoms with Crippen molar-refractivity contribution >= 4 is 41.6 Å². The summed E-state index contributed by atoms with van der Waals surface area (Å²) in [4.78, 5) is 11.2. The van der Waals surface area contributed by atoms with Gasteiger partial charge in [0, 0.05) is 30.4 Å². The van der Waals surface area contributed by atoms with Crippen molar-refractivity contribution in [2.24, 2.45) is 0 Å². The topological polar surface area (TPSA) is 85.6 Å². The summed E-state index contributed by atoms with van der Waals surface area (Å²) in [5.74, 6) is -0.693. The number of methoxy groups -OCH3 is 1. The molecule has 0 saturated carbocycles. The predicted molar refractivity (Wildman–Crippen MR) is 63.7 cm³/mol. The molecule has 1 rings (SSSR count). The Kier molecular flexibility index (Phi) is 4.99. The Morgan fingerprint density at radius 1 is 1.65 bits per heavy atom. The van der Waals surface area contributed by atoms with E-state index in [0.29, 0.717) is 6.61 Å². The molecule has 1 heterocycles. The van der Waals surface area contributed by atoms with Gasteiger partial charge < -0.3 is 14.5 Å². The molecule has 1 aromatic rings. The highest BCUT2D eigenvalue weighted by Gasteiger charge is 2.22. The van der Waals surface area contributed by atoms with Gasteiger partial charge in [-0.05, 0) is 15.9 Å². The van der Waals surface area contributed by atoms with E-state index in [2.05, 4.69) is 21.2 Å². The molecule has 0 fully saturated rings. The average Bonchev–Trinajstić information content (AvgIpc) is 2.60. The summed E-state index contributed by atoms with van der Waals surface area (Å²) < 4.78 is 31.7. The van der Waals surface area contributed by atoms with Crippen LogP contribution in [0.4, 0.5) is 0 Å². The lowest BCUT2D eigenvalue weighted by Gasteiger charge is -2.00. The van der Waals surface area contributed by atoms with Gasteiger partial charge in [-0.15, -0.1) is 0 Å². The number of nitrogens with one attached hydrogen (secondary N) is 1. The molecular formula is C8H9BrClNO5S. The quantitative estimate of drug-likeness (QED) is 0.642. The van der Waals surface area contributed by atoms with Crippen LogP contribution in [0.2, 0.25) is 0 Å². The highest BCUT2D eigenvalue weighted by Crippen LogP contribution is 2.28. The van der Waals surface area contributed by atoms with Crippen LogP contribution in [0.5, 0.6) is 0 Å². The van der Waals surface area contributed by atoms with Gasteiger partial charge in [0.2, 0.25) is 0 Å². The van der Waals surface area contributed by atoms with Crippen molar-refractivity contribution in [2.45, 2.75) is 4.90 Å². The van der Waals surface area contributed by atoms with Gasteiger partial charge in [-0.2, -0.15) is 0 Å². The molecule has 0 unspecified atom stereocenters. The Hall–Kier alpha value is -0.570. The molecule has 0 radical (unpaired) electrons. The summed E-state index contributed by atoms with van der Waals surface area (Å²) in [6, 6.07) is 1.05. The van der Waals surface area contributed by atoms with Crippen molar-refractivity contribution in [3.8, 4) is 0 Å². The Labute approximate surface area is 111 Å². The average molecular weight is 347 g/mol. The van der Waals surface area contributed by atoms with Crippen molar-refractivity contribution in [2.75, 3.05) is 20.3 Å². The van der Waals surface area contributed by atoms with Gasteiger partial charge in [0.05, 0.1) is 6.61 Å². The fourth-order valence-electron chi connectivity index (χ4n) is 0.984. The first-order chi connectivity index (χ1) is 7.86. The number of furan rings is 1. The maximum atomic E-state index is 11.5. The summed E-state index contributed by atoms with van der Waals surface area (Å²) in [7, 11) is 2.69. The van der Waals surface area contributed by atoms with Crippen LogP contribution in [0.1, 0.15) is 10.6 Å². The zero-order chi connectivity index (χ0) is 13.1. The molecule has 1 aromatic heterocycles. The number of carbonyl (C=O) groups is 1. The lowest BCUT2D eigenvalue weighted by Crippen LogP contribution is -2.26. The minimum Gasteiger partial charge on any atom is -0.443 e. The minimum atomic E-state index is -3.94. The zero-order valence-corrected chi connectivity index (χ0v) is 11.9. The number of halogens is 2. The van der Waals surface area contributed by atoms with Crippen LogP contribution in [0.15, 0.2) is 20.0 Å². The van der Waals surface area contributed by atoms with E-state index in [-0.39, 0.29) is 21.9 Å². The first-order valence-corrected chi connectivity index (χ1v) is 7.47. The maximum Gasteiger partial charge on any atom is 0.287 e. The molecule has 0 aliphatic rings. The van der Waals surface area contributed by atoms with E-state index in [0.717, 1.165) is 6.07 Å². The van der Waals surface area contributed by atoms with E-state index in [1.165, 1.54) is 7.11 Å². The van der Waals surface area contributed by atoms with E-state index in [1.807, 2.05) is 0 Å². The van der Waals surface area contributed by atoms with Gasteiger partial charge in [0.15, 0.2) is 10.4 Å². The van der Waals surface area contributed by atoms with E-state index < -0.39 is 15.0 Å². The van der Waals surface area contributed by atoms with Crippen LogP contribution in [0.3, 0.4) is 0 Å². The number of hydrogen-bond acceptors (Lipinski definition) is 5. The molecule has 96 valence electrons. The van der Waals surface area contributed by atoms with Crippen molar-refractivity contribution in [3.63, 3.8) is 0 Å². The first-order valence-electron chi connectivity index (χ1n) is 4.37. The van der Waals surface area contributed by atoms with Gasteiger partial charge in [-0.25, -0.2) is 8.42 Å². The molecule has 0 bridgehead atoms. The second-order valence-electron chi connectivity index (χ2n) is 2.94. The first kappa shape index (κ1) is 14.5. The standard InChI is InChI=1S/C8H9BrClNO5S/c1-15-3-2-11-8(12)5-4-6(7(9)16-5)17(10,13)14/h4H,2-3H2,1H3,(H,11,12). The summed E-state index contributed by atoms with van der Waals surface area (Å²) in [5, 5.41) is 2.48. The van der Waals surface area contributed by atoms with Crippen LogP contribution in [0, 0.1) is 0 Å². The fraction of sp³-hybridized carbons (Fsp3) is 0.375. The minimum absolute atomic E-state index is 0.107. The van der Waals surface area contributed by atoms with Crippen molar-refractivity contribution in [1.82, 2.24) is 5.32 Å². The zero-order valence-electron chi connectivity index (χ0n) is 8.70. The summed E-state index contributed by atoms with van der Waals surface area (Å²) >= 11 is 2.87. The Balaban J connectivity index is 2.83. The second-order valence-corrected chi connectivity index (χ2v) is 6.19.